The van der Waals surface area contributed by atoms with Gasteiger partial charge in [0.15, 0.2) is 0 Å². The van der Waals surface area contributed by atoms with Crippen LogP contribution in [-0.4, -0.2) is 24.7 Å². The molecule has 0 amide bonds. The molecule has 3 rings (SSSR count). The topological polar surface area (TPSA) is 34.1 Å². The van der Waals surface area contributed by atoms with Crippen molar-refractivity contribution in [3.8, 4) is 0 Å². The largest absolute Gasteiger partial charge is 0.378 e. The van der Waals surface area contributed by atoms with Crippen molar-refractivity contribution in [2.45, 2.75) is 31.9 Å². The van der Waals surface area contributed by atoms with Gasteiger partial charge < -0.3 is 10.1 Å². The summed E-state index contributed by atoms with van der Waals surface area (Å²) in [7, 11) is 2.04. The predicted octanol–water partition coefficient (Wildman–Crippen LogP) is 3.31. The molecule has 3 heteroatoms. The van der Waals surface area contributed by atoms with E-state index >= 15 is 0 Å². The Morgan fingerprint density at radius 3 is 3.00 bits per heavy atom. The highest BCUT2D eigenvalue weighted by Gasteiger charge is 2.34. The molecule has 3 atom stereocenters. The predicted molar refractivity (Wildman–Crippen MR) is 81.7 cm³/mol. The van der Waals surface area contributed by atoms with E-state index in [1.807, 2.05) is 19.3 Å². The van der Waals surface area contributed by atoms with Crippen molar-refractivity contribution in [2.24, 2.45) is 5.92 Å². The molecule has 2 heterocycles. The van der Waals surface area contributed by atoms with Crippen LogP contribution in [0.2, 0.25) is 0 Å². The monoisotopic (exact) mass is 270 g/mol. The molecular formula is C17H22N2O. The summed E-state index contributed by atoms with van der Waals surface area (Å²) in [6.07, 6.45) is 4.42. The van der Waals surface area contributed by atoms with E-state index in [9.17, 15) is 0 Å². The standard InChI is InChI=1S/C17H22N2O/c1-3-15-13(9-11-20-15)17(18-2)14-8-4-6-12-7-5-10-19-16(12)14/h4-8,10,13,15,17-18H,3,9,11H2,1-2H3. The SMILES string of the molecule is CCC1OCCC1C(NC)c1cccc2cccnc12. The summed E-state index contributed by atoms with van der Waals surface area (Å²) in [6.45, 7) is 3.08. The summed E-state index contributed by atoms with van der Waals surface area (Å²) in [5, 5.41) is 4.70. The Balaban J connectivity index is 2.03. The zero-order chi connectivity index (χ0) is 13.9. The lowest BCUT2D eigenvalue weighted by Gasteiger charge is -2.27. The number of hydrogen-bond donors (Lipinski definition) is 1. The molecule has 3 unspecified atom stereocenters. The molecule has 3 nitrogen and oxygen atoms in total. The lowest BCUT2D eigenvalue weighted by atomic mass is 9.86. The van der Waals surface area contributed by atoms with Gasteiger partial charge in [0, 0.05) is 30.1 Å². The Kier molecular flexibility index (Phi) is 3.99. The third kappa shape index (κ3) is 2.32. The lowest BCUT2D eigenvalue weighted by Crippen LogP contribution is -2.30. The molecule has 2 aromatic rings. The van der Waals surface area contributed by atoms with Crippen LogP contribution in [0.5, 0.6) is 0 Å². The zero-order valence-electron chi connectivity index (χ0n) is 12.2. The van der Waals surface area contributed by atoms with Gasteiger partial charge in [-0.25, -0.2) is 0 Å². The summed E-state index contributed by atoms with van der Waals surface area (Å²) in [5.41, 5.74) is 2.40. The molecule has 1 fully saturated rings. The van der Waals surface area contributed by atoms with E-state index in [2.05, 4.69) is 41.5 Å². The van der Waals surface area contributed by atoms with Gasteiger partial charge in [-0.15, -0.1) is 0 Å². The molecule has 1 aliphatic rings. The normalized spacial score (nSPS) is 24.1. The molecule has 0 radical (unpaired) electrons. The van der Waals surface area contributed by atoms with E-state index in [1.165, 1.54) is 10.9 Å². The molecule has 0 bridgehead atoms. The maximum absolute atomic E-state index is 5.87. The average molecular weight is 270 g/mol. The van der Waals surface area contributed by atoms with Crippen LogP contribution in [-0.2, 0) is 4.74 Å². The molecular weight excluding hydrogens is 248 g/mol. The molecule has 0 aliphatic carbocycles. The highest BCUT2D eigenvalue weighted by molar-refractivity contribution is 5.82. The molecule has 0 spiro atoms. The maximum Gasteiger partial charge on any atom is 0.0749 e. The minimum Gasteiger partial charge on any atom is -0.378 e. The molecule has 1 aromatic heterocycles. The van der Waals surface area contributed by atoms with E-state index in [0.717, 1.165) is 25.0 Å². The van der Waals surface area contributed by atoms with Crippen LogP contribution in [0.15, 0.2) is 36.5 Å². The smallest absolute Gasteiger partial charge is 0.0749 e. The summed E-state index contributed by atoms with van der Waals surface area (Å²) < 4.78 is 5.87. The van der Waals surface area contributed by atoms with Gasteiger partial charge in [0.05, 0.1) is 11.6 Å². The van der Waals surface area contributed by atoms with Gasteiger partial charge in [0.2, 0.25) is 0 Å². The molecule has 1 saturated heterocycles. The van der Waals surface area contributed by atoms with Gasteiger partial charge >= 0.3 is 0 Å². The van der Waals surface area contributed by atoms with Crippen LogP contribution < -0.4 is 5.32 Å². The molecule has 1 aliphatic heterocycles. The minimum absolute atomic E-state index is 0.307. The first-order valence-electron chi connectivity index (χ1n) is 7.47. The van der Waals surface area contributed by atoms with Crippen molar-refractivity contribution in [1.82, 2.24) is 10.3 Å². The van der Waals surface area contributed by atoms with Crippen LogP contribution in [0.3, 0.4) is 0 Å². The first-order chi connectivity index (χ1) is 9.85. The van der Waals surface area contributed by atoms with Crippen LogP contribution in [0.25, 0.3) is 10.9 Å². The van der Waals surface area contributed by atoms with E-state index < -0.39 is 0 Å². The maximum atomic E-state index is 5.87. The third-order valence-electron chi connectivity index (χ3n) is 4.40. The number of nitrogens with one attached hydrogen (secondary N) is 1. The fourth-order valence-electron chi connectivity index (χ4n) is 3.45. The van der Waals surface area contributed by atoms with E-state index in [0.29, 0.717) is 18.1 Å². The Morgan fingerprint density at radius 1 is 1.35 bits per heavy atom. The highest BCUT2D eigenvalue weighted by atomic mass is 16.5. The number of rotatable bonds is 4. The zero-order valence-corrected chi connectivity index (χ0v) is 12.2. The summed E-state index contributed by atoms with van der Waals surface area (Å²) >= 11 is 0. The number of pyridine rings is 1. The van der Waals surface area contributed by atoms with E-state index in [4.69, 9.17) is 4.74 Å². The number of ether oxygens (including phenoxy) is 1. The van der Waals surface area contributed by atoms with Crippen LogP contribution in [0.1, 0.15) is 31.4 Å². The van der Waals surface area contributed by atoms with Crippen LogP contribution in [0.4, 0.5) is 0 Å². The van der Waals surface area contributed by atoms with Crippen molar-refractivity contribution >= 4 is 10.9 Å². The minimum atomic E-state index is 0.307. The third-order valence-corrected chi connectivity index (χ3v) is 4.40. The first kappa shape index (κ1) is 13.5. The van der Waals surface area contributed by atoms with Gasteiger partial charge in [0.25, 0.3) is 0 Å². The molecule has 0 saturated carbocycles. The number of nitrogens with zero attached hydrogens (tertiary/aromatic N) is 1. The van der Waals surface area contributed by atoms with E-state index in [-0.39, 0.29) is 0 Å². The number of hydrogen-bond acceptors (Lipinski definition) is 3. The second-order valence-electron chi connectivity index (χ2n) is 5.46. The number of fused-ring (bicyclic) bond motifs is 1. The highest BCUT2D eigenvalue weighted by Crippen LogP contribution is 2.36. The van der Waals surface area contributed by atoms with Gasteiger partial charge in [-0.05, 0) is 31.5 Å². The Hall–Kier alpha value is -1.45. The quantitative estimate of drug-likeness (QED) is 0.925. The Morgan fingerprint density at radius 2 is 2.20 bits per heavy atom. The number of aromatic nitrogens is 1. The van der Waals surface area contributed by atoms with Gasteiger partial charge in [-0.3, -0.25) is 4.98 Å². The fourth-order valence-corrected chi connectivity index (χ4v) is 3.45. The van der Waals surface area contributed by atoms with Crippen molar-refractivity contribution in [3.05, 3.63) is 42.1 Å². The van der Waals surface area contributed by atoms with Crippen LogP contribution >= 0.6 is 0 Å². The number of para-hydroxylation sites is 1. The van der Waals surface area contributed by atoms with Crippen molar-refractivity contribution in [2.75, 3.05) is 13.7 Å². The summed E-state index contributed by atoms with van der Waals surface area (Å²) in [4.78, 5) is 4.59. The Bertz CT molecular complexity index is 579. The van der Waals surface area contributed by atoms with E-state index in [1.54, 1.807) is 0 Å². The Labute approximate surface area is 120 Å². The second kappa shape index (κ2) is 5.90. The molecule has 20 heavy (non-hydrogen) atoms. The van der Waals surface area contributed by atoms with Crippen molar-refractivity contribution < 1.29 is 4.74 Å². The van der Waals surface area contributed by atoms with Gasteiger partial charge in [-0.2, -0.15) is 0 Å². The first-order valence-corrected chi connectivity index (χ1v) is 7.47. The van der Waals surface area contributed by atoms with Gasteiger partial charge in [-0.1, -0.05) is 31.2 Å². The molecule has 106 valence electrons. The number of benzene rings is 1. The van der Waals surface area contributed by atoms with Crippen molar-refractivity contribution in [3.63, 3.8) is 0 Å². The van der Waals surface area contributed by atoms with Gasteiger partial charge in [0.1, 0.15) is 0 Å². The van der Waals surface area contributed by atoms with Crippen molar-refractivity contribution in [1.29, 1.82) is 0 Å². The second-order valence-corrected chi connectivity index (χ2v) is 5.46. The summed E-state index contributed by atoms with van der Waals surface area (Å²) in [5.74, 6) is 0.526. The lowest BCUT2D eigenvalue weighted by molar-refractivity contribution is 0.0784. The average Bonchev–Trinajstić information content (AvgIpc) is 2.97. The molecule has 1 N–H and O–H groups in total. The molecule has 1 aromatic carbocycles. The fraction of sp³-hybridized carbons (Fsp3) is 0.471. The summed E-state index contributed by atoms with van der Waals surface area (Å²) in [6, 6.07) is 10.9. The van der Waals surface area contributed by atoms with Crippen LogP contribution in [0, 0.1) is 5.92 Å².